The second-order valence-corrected chi connectivity index (χ2v) is 4.57. The van der Waals surface area contributed by atoms with Gasteiger partial charge in [0.25, 0.3) is 0 Å². The van der Waals surface area contributed by atoms with E-state index in [0.717, 1.165) is 26.1 Å². The fourth-order valence-electron chi connectivity index (χ4n) is 2.51. The molecule has 2 aliphatic rings. The Morgan fingerprint density at radius 3 is 2.79 bits per heavy atom. The van der Waals surface area contributed by atoms with Crippen LogP contribution in [-0.2, 0) is 4.79 Å². The van der Waals surface area contributed by atoms with Gasteiger partial charge in [0.1, 0.15) is 0 Å². The molecule has 0 aromatic heterocycles. The summed E-state index contributed by atoms with van der Waals surface area (Å²) in [4.78, 5) is 15.9. The maximum absolute atomic E-state index is 11.6. The van der Waals surface area contributed by atoms with Gasteiger partial charge in [-0.1, -0.05) is 0 Å². The number of carbonyl (C=O) groups is 1. The van der Waals surface area contributed by atoms with Crippen LogP contribution in [0.5, 0.6) is 0 Å². The predicted octanol–water partition coefficient (Wildman–Crippen LogP) is -0.360. The Bertz CT molecular complexity index is 231. The standard InChI is InChI=1S/C10H19N3O/c1-12-4-2-3-9(7-12)13-6-8(11)5-10(13)14/h8-9H,2-7,11H2,1H3. The van der Waals surface area contributed by atoms with E-state index >= 15 is 0 Å². The predicted molar refractivity (Wildman–Crippen MR) is 54.8 cm³/mol. The van der Waals surface area contributed by atoms with Gasteiger partial charge in [0.05, 0.1) is 0 Å². The Balaban J connectivity index is 1.97. The molecule has 0 aromatic rings. The molecule has 2 heterocycles. The van der Waals surface area contributed by atoms with Crippen LogP contribution < -0.4 is 5.73 Å². The van der Waals surface area contributed by atoms with E-state index in [1.54, 1.807) is 0 Å². The fraction of sp³-hybridized carbons (Fsp3) is 0.900. The number of amides is 1. The molecule has 1 amide bonds. The molecule has 2 unspecified atom stereocenters. The summed E-state index contributed by atoms with van der Waals surface area (Å²) in [5, 5.41) is 0. The molecule has 2 atom stereocenters. The van der Waals surface area contributed by atoms with Crippen LogP contribution in [0.4, 0.5) is 0 Å². The van der Waals surface area contributed by atoms with E-state index in [-0.39, 0.29) is 11.9 Å². The molecule has 14 heavy (non-hydrogen) atoms. The Morgan fingerprint density at radius 1 is 1.43 bits per heavy atom. The zero-order chi connectivity index (χ0) is 10.1. The number of hydrogen-bond donors (Lipinski definition) is 1. The van der Waals surface area contributed by atoms with E-state index in [0.29, 0.717) is 12.5 Å². The Kier molecular flexibility index (Phi) is 2.74. The Labute approximate surface area is 85.0 Å². The van der Waals surface area contributed by atoms with Crippen LogP contribution >= 0.6 is 0 Å². The minimum absolute atomic E-state index is 0.0646. The van der Waals surface area contributed by atoms with Crippen molar-refractivity contribution in [2.75, 3.05) is 26.7 Å². The van der Waals surface area contributed by atoms with Crippen molar-refractivity contribution < 1.29 is 4.79 Å². The molecule has 2 aliphatic heterocycles. The molecule has 0 radical (unpaired) electrons. The molecule has 0 bridgehead atoms. The van der Waals surface area contributed by atoms with Crippen LogP contribution in [0, 0.1) is 0 Å². The molecule has 2 rings (SSSR count). The highest BCUT2D eigenvalue weighted by Gasteiger charge is 2.33. The average molecular weight is 197 g/mol. The summed E-state index contributed by atoms with van der Waals surface area (Å²) < 4.78 is 0. The second-order valence-electron chi connectivity index (χ2n) is 4.57. The van der Waals surface area contributed by atoms with Gasteiger partial charge >= 0.3 is 0 Å². The minimum atomic E-state index is 0.0646. The number of rotatable bonds is 1. The molecule has 2 saturated heterocycles. The summed E-state index contributed by atoms with van der Waals surface area (Å²) in [6.07, 6.45) is 2.88. The van der Waals surface area contributed by atoms with E-state index in [1.165, 1.54) is 6.42 Å². The lowest BCUT2D eigenvalue weighted by atomic mass is 10.1. The van der Waals surface area contributed by atoms with Crippen molar-refractivity contribution in [2.45, 2.75) is 31.3 Å². The summed E-state index contributed by atoms with van der Waals surface area (Å²) in [5.74, 6) is 0.248. The third-order valence-electron chi connectivity index (χ3n) is 3.23. The van der Waals surface area contributed by atoms with E-state index in [2.05, 4.69) is 11.9 Å². The molecule has 0 saturated carbocycles. The van der Waals surface area contributed by atoms with Gasteiger partial charge in [0, 0.05) is 31.6 Å². The molecular weight excluding hydrogens is 178 g/mol. The largest absolute Gasteiger partial charge is 0.337 e. The van der Waals surface area contributed by atoms with Crippen molar-refractivity contribution in [3.8, 4) is 0 Å². The lowest BCUT2D eigenvalue weighted by molar-refractivity contribution is -0.130. The van der Waals surface area contributed by atoms with Gasteiger partial charge in [-0.05, 0) is 26.4 Å². The molecule has 0 aromatic carbocycles. The van der Waals surface area contributed by atoms with Crippen molar-refractivity contribution in [3.63, 3.8) is 0 Å². The monoisotopic (exact) mass is 197 g/mol. The molecular formula is C10H19N3O. The molecule has 2 fully saturated rings. The van der Waals surface area contributed by atoms with Crippen molar-refractivity contribution in [1.82, 2.24) is 9.80 Å². The number of likely N-dealkylation sites (tertiary alicyclic amines) is 2. The van der Waals surface area contributed by atoms with Crippen LogP contribution in [0.25, 0.3) is 0 Å². The van der Waals surface area contributed by atoms with Gasteiger partial charge in [0.15, 0.2) is 0 Å². The number of nitrogens with zero attached hydrogens (tertiary/aromatic N) is 2. The quantitative estimate of drug-likeness (QED) is 0.624. The molecule has 80 valence electrons. The van der Waals surface area contributed by atoms with Crippen LogP contribution in [0.1, 0.15) is 19.3 Å². The molecule has 2 N–H and O–H groups in total. The van der Waals surface area contributed by atoms with Gasteiger partial charge in [-0.25, -0.2) is 0 Å². The van der Waals surface area contributed by atoms with Crippen LogP contribution in [0.2, 0.25) is 0 Å². The van der Waals surface area contributed by atoms with Crippen molar-refractivity contribution in [3.05, 3.63) is 0 Å². The van der Waals surface area contributed by atoms with Gasteiger partial charge < -0.3 is 15.5 Å². The number of carbonyl (C=O) groups excluding carboxylic acids is 1. The van der Waals surface area contributed by atoms with E-state index < -0.39 is 0 Å². The summed E-state index contributed by atoms with van der Waals surface area (Å²) in [6.45, 7) is 2.93. The third-order valence-corrected chi connectivity index (χ3v) is 3.23. The van der Waals surface area contributed by atoms with Crippen LogP contribution in [0.3, 0.4) is 0 Å². The smallest absolute Gasteiger partial charge is 0.224 e. The zero-order valence-electron chi connectivity index (χ0n) is 8.78. The summed E-state index contributed by atoms with van der Waals surface area (Å²) >= 11 is 0. The van der Waals surface area contributed by atoms with Gasteiger partial charge in [-0.15, -0.1) is 0 Å². The molecule has 0 spiro atoms. The first-order valence-corrected chi connectivity index (χ1v) is 5.40. The van der Waals surface area contributed by atoms with Crippen molar-refractivity contribution >= 4 is 5.91 Å². The number of likely N-dealkylation sites (N-methyl/N-ethyl adjacent to an activating group) is 1. The lowest BCUT2D eigenvalue weighted by Crippen LogP contribution is -2.47. The first-order valence-electron chi connectivity index (χ1n) is 5.40. The van der Waals surface area contributed by atoms with Crippen molar-refractivity contribution in [1.29, 1.82) is 0 Å². The maximum Gasteiger partial charge on any atom is 0.224 e. The Hall–Kier alpha value is -0.610. The minimum Gasteiger partial charge on any atom is -0.337 e. The first kappa shape index (κ1) is 9.93. The summed E-state index contributed by atoms with van der Waals surface area (Å²) in [5.41, 5.74) is 5.78. The van der Waals surface area contributed by atoms with Crippen LogP contribution in [-0.4, -0.2) is 54.5 Å². The highest BCUT2D eigenvalue weighted by Crippen LogP contribution is 2.20. The van der Waals surface area contributed by atoms with Crippen molar-refractivity contribution in [2.24, 2.45) is 5.73 Å². The molecule has 4 nitrogen and oxygen atoms in total. The second kappa shape index (κ2) is 3.87. The van der Waals surface area contributed by atoms with E-state index in [4.69, 9.17) is 5.73 Å². The zero-order valence-corrected chi connectivity index (χ0v) is 8.78. The normalized spacial score (nSPS) is 35.3. The number of hydrogen-bond acceptors (Lipinski definition) is 3. The highest BCUT2D eigenvalue weighted by molar-refractivity contribution is 5.79. The summed E-state index contributed by atoms with van der Waals surface area (Å²) in [7, 11) is 2.12. The lowest BCUT2D eigenvalue weighted by Gasteiger charge is -2.35. The summed E-state index contributed by atoms with van der Waals surface area (Å²) in [6, 6.07) is 0.476. The SMILES string of the molecule is CN1CCCC(N2CC(N)CC2=O)C1. The number of nitrogens with two attached hydrogens (primary N) is 1. The molecule has 4 heteroatoms. The highest BCUT2D eigenvalue weighted by atomic mass is 16.2. The van der Waals surface area contributed by atoms with E-state index in [9.17, 15) is 4.79 Å². The van der Waals surface area contributed by atoms with Gasteiger partial charge in [-0.3, -0.25) is 4.79 Å². The third kappa shape index (κ3) is 1.91. The maximum atomic E-state index is 11.6. The molecule has 0 aliphatic carbocycles. The van der Waals surface area contributed by atoms with Gasteiger partial charge in [0.2, 0.25) is 5.91 Å². The van der Waals surface area contributed by atoms with Crippen LogP contribution in [0.15, 0.2) is 0 Å². The Morgan fingerprint density at radius 2 is 2.21 bits per heavy atom. The topological polar surface area (TPSA) is 49.6 Å². The van der Waals surface area contributed by atoms with E-state index in [1.807, 2.05) is 4.90 Å². The first-order chi connectivity index (χ1) is 6.66. The fourth-order valence-corrected chi connectivity index (χ4v) is 2.51. The average Bonchev–Trinajstić information content (AvgIpc) is 2.45. The van der Waals surface area contributed by atoms with Gasteiger partial charge in [-0.2, -0.15) is 0 Å². The number of piperidine rings is 1.